The standard InChI is InChI=1S/C27H48O/c1-18(2)9-8-10-19(3)21-12-13-22-25-23(14-16-27(21,22)5)26(4)15-7-6-11-20(26)17-24(25)28/h18-25,28H,6-17H2,1-5H3. The third-order valence-corrected chi connectivity index (χ3v) is 10.8. The van der Waals surface area contributed by atoms with E-state index >= 15 is 0 Å². The molecule has 0 aliphatic heterocycles. The highest BCUT2D eigenvalue weighted by Crippen LogP contribution is 2.68. The van der Waals surface area contributed by atoms with Gasteiger partial charge in [0, 0.05) is 0 Å². The first-order chi connectivity index (χ1) is 13.3. The molecule has 0 aromatic rings. The highest BCUT2D eigenvalue weighted by atomic mass is 16.3. The Morgan fingerprint density at radius 3 is 2.36 bits per heavy atom. The Balaban J connectivity index is 1.50. The molecule has 0 bridgehead atoms. The molecule has 1 nitrogen and oxygen atoms in total. The molecule has 0 amide bonds. The summed E-state index contributed by atoms with van der Waals surface area (Å²) in [5.74, 6) is 5.60. The Kier molecular flexibility index (Phi) is 5.98. The molecule has 162 valence electrons. The van der Waals surface area contributed by atoms with Crippen LogP contribution < -0.4 is 0 Å². The summed E-state index contributed by atoms with van der Waals surface area (Å²) in [4.78, 5) is 0. The largest absolute Gasteiger partial charge is 0.393 e. The molecule has 9 atom stereocenters. The van der Waals surface area contributed by atoms with E-state index in [1.165, 1.54) is 70.6 Å². The SMILES string of the molecule is CC(C)CCCC(C)C1CCC2C3C(O)CC4CCCCC4(C)C3CCC12C. The molecular formula is C27H48O. The van der Waals surface area contributed by atoms with E-state index in [0.29, 0.717) is 16.7 Å². The molecule has 0 radical (unpaired) electrons. The minimum absolute atomic E-state index is 0.0132. The van der Waals surface area contributed by atoms with E-state index in [2.05, 4.69) is 34.6 Å². The molecule has 0 saturated heterocycles. The normalized spacial score (nSPS) is 49.4. The van der Waals surface area contributed by atoms with Crippen LogP contribution in [-0.2, 0) is 0 Å². The molecule has 0 aromatic carbocycles. The lowest BCUT2D eigenvalue weighted by Crippen LogP contribution is -2.57. The first-order valence-electron chi connectivity index (χ1n) is 13.0. The van der Waals surface area contributed by atoms with Crippen molar-refractivity contribution in [3.63, 3.8) is 0 Å². The van der Waals surface area contributed by atoms with Crippen LogP contribution >= 0.6 is 0 Å². The Hall–Kier alpha value is -0.0400. The van der Waals surface area contributed by atoms with E-state index in [0.717, 1.165) is 41.9 Å². The van der Waals surface area contributed by atoms with E-state index in [1.54, 1.807) is 0 Å². The van der Waals surface area contributed by atoms with Crippen molar-refractivity contribution in [3.05, 3.63) is 0 Å². The average molecular weight is 389 g/mol. The lowest BCUT2D eigenvalue weighted by atomic mass is 9.44. The monoisotopic (exact) mass is 388 g/mol. The van der Waals surface area contributed by atoms with Crippen LogP contribution in [0.2, 0.25) is 0 Å². The van der Waals surface area contributed by atoms with Crippen LogP contribution in [0.15, 0.2) is 0 Å². The van der Waals surface area contributed by atoms with E-state index in [-0.39, 0.29) is 6.10 Å². The summed E-state index contributed by atoms with van der Waals surface area (Å²) in [6.45, 7) is 12.6. The fourth-order valence-electron chi connectivity index (χ4n) is 9.28. The Morgan fingerprint density at radius 2 is 1.61 bits per heavy atom. The number of hydrogen-bond acceptors (Lipinski definition) is 1. The maximum atomic E-state index is 11.3. The van der Waals surface area contributed by atoms with E-state index < -0.39 is 0 Å². The zero-order valence-electron chi connectivity index (χ0n) is 19.6. The van der Waals surface area contributed by atoms with Crippen molar-refractivity contribution in [2.24, 2.45) is 52.3 Å². The van der Waals surface area contributed by atoms with Gasteiger partial charge in [0.15, 0.2) is 0 Å². The minimum atomic E-state index is -0.0132. The molecule has 0 spiro atoms. The van der Waals surface area contributed by atoms with Crippen LogP contribution in [0.4, 0.5) is 0 Å². The maximum Gasteiger partial charge on any atom is 0.0577 e. The van der Waals surface area contributed by atoms with E-state index in [4.69, 9.17) is 0 Å². The first-order valence-corrected chi connectivity index (χ1v) is 13.0. The van der Waals surface area contributed by atoms with Crippen molar-refractivity contribution in [2.45, 2.75) is 118 Å². The van der Waals surface area contributed by atoms with Crippen LogP contribution in [0, 0.1) is 52.3 Å². The summed E-state index contributed by atoms with van der Waals surface area (Å²) >= 11 is 0. The van der Waals surface area contributed by atoms with Gasteiger partial charge in [0.25, 0.3) is 0 Å². The van der Waals surface area contributed by atoms with Crippen molar-refractivity contribution in [1.82, 2.24) is 0 Å². The van der Waals surface area contributed by atoms with Gasteiger partial charge in [-0.2, -0.15) is 0 Å². The van der Waals surface area contributed by atoms with Crippen molar-refractivity contribution < 1.29 is 5.11 Å². The Bertz CT molecular complexity index is 540. The molecule has 4 fully saturated rings. The third kappa shape index (κ3) is 3.40. The van der Waals surface area contributed by atoms with Crippen molar-refractivity contribution in [2.75, 3.05) is 0 Å². The summed E-state index contributed by atoms with van der Waals surface area (Å²) in [7, 11) is 0. The number of aliphatic hydroxyl groups is 1. The maximum absolute atomic E-state index is 11.3. The molecule has 0 heterocycles. The molecule has 4 rings (SSSR count). The van der Waals surface area contributed by atoms with Crippen molar-refractivity contribution in [3.8, 4) is 0 Å². The van der Waals surface area contributed by atoms with Crippen LogP contribution in [0.25, 0.3) is 0 Å². The van der Waals surface area contributed by atoms with Gasteiger partial charge in [-0.05, 0) is 97.2 Å². The number of hydrogen-bond donors (Lipinski definition) is 1. The third-order valence-electron chi connectivity index (χ3n) is 10.8. The Labute approximate surface area is 175 Å². The predicted molar refractivity (Wildman–Crippen MR) is 119 cm³/mol. The summed E-state index contributed by atoms with van der Waals surface area (Å²) in [6.07, 6.45) is 16.6. The van der Waals surface area contributed by atoms with Crippen LogP contribution in [0.3, 0.4) is 0 Å². The molecule has 28 heavy (non-hydrogen) atoms. The van der Waals surface area contributed by atoms with Gasteiger partial charge < -0.3 is 5.11 Å². The second-order valence-electron chi connectivity index (χ2n) is 12.6. The highest BCUT2D eigenvalue weighted by Gasteiger charge is 2.62. The zero-order chi connectivity index (χ0) is 20.1. The van der Waals surface area contributed by atoms with Crippen LogP contribution in [-0.4, -0.2) is 11.2 Å². The van der Waals surface area contributed by atoms with Gasteiger partial charge in [-0.3, -0.25) is 0 Å². The topological polar surface area (TPSA) is 20.2 Å². The highest BCUT2D eigenvalue weighted by molar-refractivity contribution is 5.11. The summed E-state index contributed by atoms with van der Waals surface area (Å²) in [6, 6.07) is 0. The van der Waals surface area contributed by atoms with Crippen LogP contribution in [0.5, 0.6) is 0 Å². The van der Waals surface area contributed by atoms with Crippen molar-refractivity contribution in [1.29, 1.82) is 0 Å². The Morgan fingerprint density at radius 1 is 0.857 bits per heavy atom. The van der Waals surface area contributed by atoms with Crippen LogP contribution in [0.1, 0.15) is 112 Å². The number of rotatable bonds is 5. The lowest BCUT2D eigenvalue weighted by molar-refractivity contribution is -0.164. The van der Waals surface area contributed by atoms with Gasteiger partial charge in [0.05, 0.1) is 6.10 Å². The van der Waals surface area contributed by atoms with Gasteiger partial charge in [0.1, 0.15) is 0 Å². The molecule has 1 N–H and O–H groups in total. The minimum Gasteiger partial charge on any atom is -0.393 e. The van der Waals surface area contributed by atoms with Gasteiger partial charge in [-0.1, -0.05) is 66.7 Å². The first kappa shape index (κ1) is 21.2. The van der Waals surface area contributed by atoms with E-state index in [1.807, 2.05) is 0 Å². The van der Waals surface area contributed by atoms with Gasteiger partial charge in [-0.15, -0.1) is 0 Å². The molecule has 1 heteroatoms. The van der Waals surface area contributed by atoms with Gasteiger partial charge in [0.2, 0.25) is 0 Å². The zero-order valence-corrected chi connectivity index (χ0v) is 19.6. The summed E-state index contributed by atoms with van der Waals surface area (Å²) in [5, 5.41) is 11.3. The number of aliphatic hydroxyl groups excluding tert-OH is 1. The van der Waals surface area contributed by atoms with Crippen molar-refractivity contribution >= 4 is 0 Å². The summed E-state index contributed by atoms with van der Waals surface area (Å²) < 4.78 is 0. The second-order valence-corrected chi connectivity index (χ2v) is 12.6. The van der Waals surface area contributed by atoms with E-state index in [9.17, 15) is 5.11 Å². The smallest absolute Gasteiger partial charge is 0.0577 e. The molecule has 0 aromatic heterocycles. The van der Waals surface area contributed by atoms with Gasteiger partial charge >= 0.3 is 0 Å². The molecule has 9 unspecified atom stereocenters. The summed E-state index contributed by atoms with van der Waals surface area (Å²) in [5.41, 5.74) is 1.03. The molecule has 4 aliphatic rings. The molecule has 4 aliphatic carbocycles. The fraction of sp³-hybridized carbons (Fsp3) is 1.00. The molecule has 4 saturated carbocycles. The fourth-order valence-corrected chi connectivity index (χ4v) is 9.28. The lowest BCUT2D eigenvalue weighted by Gasteiger charge is -2.62. The average Bonchev–Trinajstić information content (AvgIpc) is 2.99. The second kappa shape index (κ2) is 7.90. The van der Waals surface area contributed by atoms with Gasteiger partial charge in [-0.25, -0.2) is 0 Å². The quantitative estimate of drug-likeness (QED) is 0.518. The number of fused-ring (bicyclic) bond motifs is 5. The predicted octanol–water partition coefficient (Wildman–Crippen LogP) is 7.47. The molecular weight excluding hydrogens is 340 g/mol.